The minimum atomic E-state index is -4.74. The van der Waals surface area contributed by atoms with E-state index < -0.39 is 12.3 Å². The largest absolute Gasteiger partial charge is 0.573 e. The van der Waals surface area contributed by atoms with Crippen LogP contribution in [0.1, 0.15) is 5.56 Å². The van der Waals surface area contributed by atoms with E-state index in [0.29, 0.717) is 5.56 Å². The molecule has 1 aromatic carbocycles. The normalized spacial score (nSPS) is 11.6. The Balaban J connectivity index is 2.86. The first-order valence-corrected chi connectivity index (χ1v) is 5.42. The van der Waals surface area contributed by atoms with Crippen LogP contribution in [0.5, 0.6) is 5.75 Å². The number of alkyl halides is 3. The predicted molar refractivity (Wildman–Crippen MR) is 61.9 cm³/mol. The first-order chi connectivity index (χ1) is 8.31. The molecule has 0 fully saturated rings. The molecule has 0 spiro atoms. The van der Waals surface area contributed by atoms with E-state index in [9.17, 15) is 18.0 Å². The summed E-state index contributed by atoms with van der Waals surface area (Å²) < 4.78 is 44.3. The van der Waals surface area contributed by atoms with Gasteiger partial charge >= 0.3 is 12.3 Å². The van der Waals surface area contributed by atoms with Gasteiger partial charge in [-0.2, -0.15) is 0 Å². The molecule has 3 nitrogen and oxygen atoms in total. The van der Waals surface area contributed by atoms with Crippen LogP contribution in [0.2, 0.25) is 0 Å². The number of esters is 1. The summed E-state index contributed by atoms with van der Waals surface area (Å²) in [7, 11) is 1.23. The van der Waals surface area contributed by atoms with Gasteiger partial charge in [0.25, 0.3) is 0 Å². The monoisotopic (exact) mass is 324 g/mol. The third-order valence-electron chi connectivity index (χ3n) is 1.79. The topological polar surface area (TPSA) is 35.5 Å². The van der Waals surface area contributed by atoms with Gasteiger partial charge < -0.3 is 9.47 Å². The van der Waals surface area contributed by atoms with E-state index in [1.54, 1.807) is 0 Å². The van der Waals surface area contributed by atoms with Gasteiger partial charge in [0, 0.05) is 6.08 Å². The molecule has 0 aromatic heterocycles. The van der Waals surface area contributed by atoms with Crippen LogP contribution < -0.4 is 4.74 Å². The summed E-state index contributed by atoms with van der Waals surface area (Å²) in [6, 6.07) is 3.92. The van der Waals surface area contributed by atoms with Crippen molar-refractivity contribution in [2.45, 2.75) is 6.36 Å². The van der Waals surface area contributed by atoms with Crippen LogP contribution >= 0.6 is 15.9 Å². The van der Waals surface area contributed by atoms with Crippen molar-refractivity contribution in [3.05, 3.63) is 34.3 Å². The number of ether oxygens (including phenoxy) is 2. The second-order valence-corrected chi connectivity index (χ2v) is 3.95. The molecule has 0 saturated carbocycles. The molecule has 0 amide bonds. The Hall–Kier alpha value is -1.50. The molecule has 98 valence electrons. The molecule has 0 aliphatic carbocycles. The van der Waals surface area contributed by atoms with Crippen LogP contribution in [0.25, 0.3) is 6.08 Å². The van der Waals surface area contributed by atoms with Gasteiger partial charge in [-0.15, -0.1) is 13.2 Å². The number of hydrogen-bond donors (Lipinski definition) is 0. The number of carbonyl (C=O) groups excluding carboxylic acids is 1. The van der Waals surface area contributed by atoms with E-state index in [1.807, 2.05) is 0 Å². The fourth-order valence-electron chi connectivity index (χ4n) is 1.06. The number of carbonyl (C=O) groups is 1. The lowest BCUT2D eigenvalue weighted by atomic mass is 10.2. The molecule has 0 unspecified atom stereocenters. The maximum atomic E-state index is 12.0. The Morgan fingerprint density at radius 3 is 2.56 bits per heavy atom. The Morgan fingerprint density at radius 2 is 2.06 bits per heavy atom. The quantitative estimate of drug-likeness (QED) is 0.630. The molecule has 0 aliphatic rings. The van der Waals surface area contributed by atoms with Crippen molar-refractivity contribution in [1.29, 1.82) is 0 Å². The van der Waals surface area contributed by atoms with Crippen LogP contribution in [0.4, 0.5) is 13.2 Å². The number of hydrogen-bond acceptors (Lipinski definition) is 3. The molecule has 1 aromatic rings. The van der Waals surface area contributed by atoms with Crippen LogP contribution in [-0.2, 0) is 9.53 Å². The summed E-state index contributed by atoms with van der Waals surface area (Å²) in [5.41, 5.74) is 0.529. The summed E-state index contributed by atoms with van der Waals surface area (Å²) in [6.45, 7) is 0. The zero-order valence-corrected chi connectivity index (χ0v) is 10.7. The molecule has 7 heteroatoms. The molecular formula is C11H8BrF3O3. The Bertz CT molecular complexity index is 469. The lowest BCUT2D eigenvalue weighted by Crippen LogP contribution is -2.17. The van der Waals surface area contributed by atoms with Crippen molar-refractivity contribution in [2.75, 3.05) is 7.11 Å². The average Bonchev–Trinajstić information content (AvgIpc) is 2.27. The maximum absolute atomic E-state index is 12.0. The third-order valence-corrected chi connectivity index (χ3v) is 2.41. The van der Waals surface area contributed by atoms with Crippen molar-refractivity contribution >= 4 is 28.0 Å². The van der Waals surface area contributed by atoms with E-state index in [-0.39, 0.29) is 10.2 Å². The molecule has 0 atom stereocenters. The standard InChI is InChI=1S/C11H8BrF3O3/c1-17-10(16)5-3-7-2-4-9(8(12)6-7)18-11(13,14)15/h2-6H,1H3/b5-3+. The molecule has 0 aliphatic heterocycles. The lowest BCUT2D eigenvalue weighted by Gasteiger charge is -2.10. The van der Waals surface area contributed by atoms with Gasteiger partial charge in [0.15, 0.2) is 0 Å². The van der Waals surface area contributed by atoms with Gasteiger partial charge in [-0.3, -0.25) is 0 Å². The molecule has 0 radical (unpaired) electrons. The van der Waals surface area contributed by atoms with Crippen molar-refractivity contribution < 1.29 is 27.4 Å². The molecule has 1 rings (SSSR count). The fourth-order valence-corrected chi connectivity index (χ4v) is 1.54. The van der Waals surface area contributed by atoms with Crippen LogP contribution in [-0.4, -0.2) is 19.4 Å². The first-order valence-electron chi connectivity index (χ1n) is 4.63. The van der Waals surface area contributed by atoms with Crippen molar-refractivity contribution in [3.8, 4) is 5.75 Å². The highest BCUT2D eigenvalue weighted by Crippen LogP contribution is 2.31. The third kappa shape index (κ3) is 4.79. The van der Waals surface area contributed by atoms with Crippen LogP contribution in [0.15, 0.2) is 28.7 Å². The van der Waals surface area contributed by atoms with E-state index >= 15 is 0 Å². The highest BCUT2D eigenvalue weighted by Gasteiger charge is 2.31. The van der Waals surface area contributed by atoms with E-state index in [2.05, 4.69) is 25.4 Å². The van der Waals surface area contributed by atoms with E-state index in [1.165, 1.54) is 25.3 Å². The van der Waals surface area contributed by atoms with Gasteiger partial charge in [-0.1, -0.05) is 6.07 Å². The predicted octanol–water partition coefficient (Wildman–Crippen LogP) is 3.53. The number of benzene rings is 1. The molecular weight excluding hydrogens is 317 g/mol. The summed E-state index contributed by atoms with van der Waals surface area (Å²) in [6.07, 6.45) is -2.17. The van der Waals surface area contributed by atoms with Gasteiger partial charge in [0.2, 0.25) is 0 Å². The smallest absolute Gasteiger partial charge is 0.466 e. The lowest BCUT2D eigenvalue weighted by molar-refractivity contribution is -0.274. The highest BCUT2D eigenvalue weighted by atomic mass is 79.9. The van der Waals surface area contributed by atoms with Gasteiger partial charge in [0.05, 0.1) is 11.6 Å². The Labute approximate surface area is 109 Å². The van der Waals surface area contributed by atoms with Gasteiger partial charge in [-0.25, -0.2) is 4.79 Å². The molecule has 18 heavy (non-hydrogen) atoms. The average molecular weight is 325 g/mol. The number of halogens is 4. The second-order valence-electron chi connectivity index (χ2n) is 3.09. The van der Waals surface area contributed by atoms with Crippen molar-refractivity contribution in [3.63, 3.8) is 0 Å². The van der Waals surface area contributed by atoms with Crippen LogP contribution in [0, 0.1) is 0 Å². The summed E-state index contributed by atoms with van der Waals surface area (Å²) >= 11 is 2.95. The Morgan fingerprint density at radius 1 is 1.39 bits per heavy atom. The van der Waals surface area contributed by atoms with Crippen LogP contribution in [0.3, 0.4) is 0 Å². The summed E-state index contributed by atoms with van der Waals surface area (Å²) in [5.74, 6) is -0.903. The van der Waals surface area contributed by atoms with Gasteiger partial charge in [-0.05, 0) is 39.7 Å². The zero-order chi connectivity index (χ0) is 13.8. The number of rotatable bonds is 3. The van der Waals surface area contributed by atoms with Crippen molar-refractivity contribution in [2.24, 2.45) is 0 Å². The van der Waals surface area contributed by atoms with E-state index in [0.717, 1.165) is 12.1 Å². The summed E-state index contributed by atoms with van der Waals surface area (Å²) in [4.78, 5) is 10.8. The fraction of sp³-hybridized carbons (Fsp3) is 0.182. The zero-order valence-electron chi connectivity index (χ0n) is 9.12. The van der Waals surface area contributed by atoms with Crippen molar-refractivity contribution in [1.82, 2.24) is 0 Å². The molecule has 0 heterocycles. The second kappa shape index (κ2) is 5.90. The molecule has 0 bridgehead atoms. The maximum Gasteiger partial charge on any atom is 0.573 e. The molecule has 0 saturated heterocycles. The minimum Gasteiger partial charge on any atom is -0.466 e. The minimum absolute atomic E-state index is 0.131. The molecule has 0 N–H and O–H groups in total. The number of methoxy groups -OCH3 is 1. The summed E-state index contributed by atoms with van der Waals surface area (Å²) in [5, 5.41) is 0. The first kappa shape index (κ1) is 14.6. The van der Waals surface area contributed by atoms with Gasteiger partial charge in [0.1, 0.15) is 5.75 Å². The SMILES string of the molecule is COC(=O)/C=C/c1ccc(OC(F)(F)F)c(Br)c1. The van der Waals surface area contributed by atoms with E-state index in [4.69, 9.17) is 0 Å². The highest BCUT2D eigenvalue weighted by molar-refractivity contribution is 9.10. The Kier molecular flexibility index (Phi) is 4.77.